The van der Waals surface area contributed by atoms with Gasteiger partial charge in [0.05, 0.1) is 12.0 Å². The van der Waals surface area contributed by atoms with Crippen molar-refractivity contribution >= 4 is 11.7 Å². The van der Waals surface area contributed by atoms with Crippen molar-refractivity contribution in [3.05, 3.63) is 35.6 Å². The van der Waals surface area contributed by atoms with E-state index < -0.39 is 5.92 Å². The number of nitrogens with one attached hydrogen (secondary N) is 1. The highest BCUT2D eigenvalue weighted by atomic mass is 19.1. The molecular formula is C14H20FN3O2. The van der Waals surface area contributed by atoms with Gasteiger partial charge in [-0.2, -0.15) is 0 Å². The first-order valence-corrected chi connectivity index (χ1v) is 6.52. The van der Waals surface area contributed by atoms with E-state index in [0.717, 1.165) is 6.42 Å². The van der Waals surface area contributed by atoms with Crippen molar-refractivity contribution < 1.29 is 14.4 Å². The molecule has 0 aliphatic carbocycles. The monoisotopic (exact) mass is 281 g/mol. The lowest BCUT2D eigenvalue weighted by Crippen LogP contribution is -2.40. The van der Waals surface area contributed by atoms with E-state index in [0.29, 0.717) is 12.0 Å². The topological polar surface area (TPSA) is 87.7 Å². The van der Waals surface area contributed by atoms with Gasteiger partial charge in [0.1, 0.15) is 5.82 Å². The second kappa shape index (κ2) is 7.47. The molecule has 2 atom stereocenters. The lowest BCUT2D eigenvalue weighted by molar-refractivity contribution is -0.123. The molecule has 1 amide bonds. The third kappa shape index (κ3) is 4.22. The summed E-state index contributed by atoms with van der Waals surface area (Å²) in [6.45, 7) is 3.66. The van der Waals surface area contributed by atoms with Crippen LogP contribution in [-0.2, 0) is 4.79 Å². The van der Waals surface area contributed by atoms with Gasteiger partial charge in [0.15, 0.2) is 5.84 Å². The number of oxime groups is 1. The molecule has 20 heavy (non-hydrogen) atoms. The van der Waals surface area contributed by atoms with E-state index in [-0.39, 0.29) is 23.6 Å². The van der Waals surface area contributed by atoms with Crippen molar-refractivity contribution in [3.63, 3.8) is 0 Å². The first kappa shape index (κ1) is 15.9. The van der Waals surface area contributed by atoms with Gasteiger partial charge in [-0.25, -0.2) is 4.39 Å². The van der Waals surface area contributed by atoms with E-state index in [1.165, 1.54) is 12.1 Å². The summed E-state index contributed by atoms with van der Waals surface area (Å²) >= 11 is 0. The number of rotatable bonds is 6. The Morgan fingerprint density at radius 2 is 2.25 bits per heavy atom. The molecule has 0 radical (unpaired) electrons. The minimum Gasteiger partial charge on any atom is -0.409 e. The number of carbonyl (C=O) groups excluding carboxylic acids is 1. The summed E-state index contributed by atoms with van der Waals surface area (Å²) in [5.41, 5.74) is 6.18. The molecule has 0 saturated carbocycles. The fraction of sp³-hybridized carbons (Fsp3) is 0.429. The molecule has 0 fully saturated rings. The second-order valence-electron chi connectivity index (χ2n) is 4.65. The maximum Gasteiger partial charge on any atom is 0.231 e. The van der Waals surface area contributed by atoms with Gasteiger partial charge in [0.2, 0.25) is 5.91 Å². The molecule has 1 rings (SSSR count). The second-order valence-corrected chi connectivity index (χ2v) is 4.65. The molecule has 1 aromatic carbocycles. The van der Waals surface area contributed by atoms with E-state index in [1.54, 1.807) is 19.1 Å². The number of hydrogen-bond donors (Lipinski definition) is 3. The zero-order valence-corrected chi connectivity index (χ0v) is 11.6. The molecule has 5 nitrogen and oxygen atoms in total. The highest BCUT2D eigenvalue weighted by Gasteiger charge is 2.23. The minimum absolute atomic E-state index is 0.115. The van der Waals surface area contributed by atoms with Crippen LogP contribution < -0.4 is 11.1 Å². The molecule has 0 aromatic heterocycles. The van der Waals surface area contributed by atoms with Crippen molar-refractivity contribution in [2.45, 2.75) is 32.7 Å². The van der Waals surface area contributed by atoms with E-state index >= 15 is 0 Å². The lowest BCUT2D eigenvalue weighted by Gasteiger charge is -2.19. The molecule has 4 N–H and O–H groups in total. The highest BCUT2D eigenvalue weighted by molar-refractivity contribution is 6.02. The Hall–Kier alpha value is -2.11. The number of halogens is 1. The summed E-state index contributed by atoms with van der Waals surface area (Å²) in [4.78, 5) is 12.1. The molecule has 0 aliphatic heterocycles. The molecule has 0 heterocycles. The minimum atomic E-state index is -0.680. The molecule has 110 valence electrons. The van der Waals surface area contributed by atoms with Gasteiger partial charge in [-0.05, 0) is 31.0 Å². The summed E-state index contributed by atoms with van der Waals surface area (Å²) in [5.74, 6) is -1.49. The summed E-state index contributed by atoms with van der Waals surface area (Å²) in [6, 6.07) is 5.66. The van der Waals surface area contributed by atoms with E-state index in [1.807, 2.05) is 6.92 Å². The van der Waals surface area contributed by atoms with Crippen LogP contribution in [0, 0.1) is 11.7 Å². The summed E-state index contributed by atoms with van der Waals surface area (Å²) in [5, 5.41) is 14.3. The molecule has 1 aromatic rings. The van der Waals surface area contributed by atoms with E-state index in [4.69, 9.17) is 10.9 Å². The first-order chi connectivity index (χ1) is 9.49. The molecular weight excluding hydrogens is 261 g/mol. The van der Waals surface area contributed by atoms with Crippen molar-refractivity contribution in [3.8, 4) is 0 Å². The van der Waals surface area contributed by atoms with Crippen molar-refractivity contribution in [1.29, 1.82) is 0 Å². The first-order valence-electron chi connectivity index (χ1n) is 6.52. The SMILES string of the molecule is CCCC(C(=O)NC(C)c1cccc(F)c1)C(N)=NO. The predicted molar refractivity (Wildman–Crippen MR) is 74.8 cm³/mol. The van der Waals surface area contributed by atoms with Crippen LogP contribution in [0.1, 0.15) is 38.3 Å². The number of benzene rings is 1. The molecule has 0 spiro atoms. The standard InChI is InChI=1S/C14H20FN3O2/c1-3-5-12(13(16)18-20)14(19)17-9(2)10-6-4-7-11(15)8-10/h4,6-9,12,20H,3,5H2,1-2H3,(H2,16,18)(H,17,19). The number of amides is 1. The Morgan fingerprint density at radius 3 is 2.80 bits per heavy atom. The average Bonchev–Trinajstić information content (AvgIpc) is 2.43. The summed E-state index contributed by atoms with van der Waals surface area (Å²) in [7, 11) is 0. The van der Waals surface area contributed by atoms with Crippen LogP contribution in [0.4, 0.5) is 4.39 Å². The van der Waals surface area contributed by atoms with Gasteiger partial charge in [-0.1, -0.05) is 30.6 Å². The molecule has 0 saturated heterocycles. The van der Waals surface area contributed by atoms with Crippen molar-refractivity contribution in [2.24, 2.45) is 16.8 Å². The molecule has 0 aliphatic rings. The third-order valence-corrected chi connectivity index (χ3v) is 3.07. The van der Waals surface area contributed by atoms with Crippen LogP contribution in [0.5, 0.6) is 0 Å². The molecule has 0 bridgehead atoms. The maximum absolute atomic E-state index is 13.1. The van der Waals surface area contributed by atoms with Gasteiger partial charge < -0.3 is 16.3 Å². The predicted octanol–water partition coefficient (Wildman–Crippen LogP) is 2.17. The number of amidine groups is 1. The largest absolute Gasteiger partial charge is 0.409 e. The zero-order valence-electron chi connectivity index (χ0n) is 11.6. The Balaban J connectivity index is 2.77. The lowest BCUT2D eigenvalue weighted by atomic mass is 10.00. The van der Waals surface area contributed by atoms with Crippen LogP contribution in [0.2, 0.25) is 0 Å². The number of hydrogen-bond acceptors (Lipinski definition) is 3. The Kier molecular flexibility index (Phi) is 5.96. The summed E-state index contributed by atoms with van der Waals surface area (Å²) < 4.78 is 13.1. The Morgan fingerprint density at radius 1 is 1.55 bits per heavy atom. The molecule has 6 heteroatoms. The van der Waals surface area contributed by atoms with Gasteiger partial charge in [0.25, 0.3) is 0 Å². The van der Waals surface area contributed by atoms with Gasteiger partial charge in [-0.15, -0.1) is 0 Å². The van der Waals surface area contributed by atoms with Crippen LogP contribution in [0.3, 0.4) is 0 Å². The number of nitrogens with zero attached hydrogens (tertiary/aromatic N) is 1. The maximum atomic E-state index is 13.1. The van der Waals surface area contributed by atoms with Crippen LogP contribution in [0.25, 0.3) is 0 Å². The quantitative estimate of drug-likeness (QED) is 0.323. The van der Waals surface area contributed by atoms with Gasteiger partial charge in [-0.3, -0.25) is 4.79 Å². The fourth-order valence-corrected chi connectivity index (χ4v) is 1.94. The van der Waals surface area contributed by atoms with E-state index in [2.05, 4.69) is 10.5 Å². The average molecular weight is 281 g/mol. The van der Waals surface area contributed by atoms with E-state index in [9.17, 15) is 9.18 Å². The number of nitrogens with two attached hydrogens (primary N) is 1. The number of carbonyl (C=O) groups is 1. The van der Waals surface area contributed by atoms with Crippen LogP contribution in [-0.4, -0.2) is 17.0 Å². The fourth-order valence-electron chi connectivity index (χ4n) is 1.94. The molecule has 2 unspecified atom stereocenters. The normalized spacial score (nSPS) is 14.7. The van der Waals surface area contributed by atoms with Gasteiger partial charge in [0, 0.05) is 0 Å². The zero-order chi connectivity index (χ0) is 15.1. The van der Waals surface area contributed by atoms with Crippen molar-refractivity contribution in [1.82, 2.24) is 5.32 Å². The summed E-state index contributed by atoms with van der Waals surface area (Å²) in [6.07, 6.45) is 1.21. The van der Waals surface area contributed by atoms with Crippen molar-refractivity contribution in [2.75, 3.05) is 0 Å². The third-order valence-electron chi connectivity index (χ3n) is 3.07. The Bertz CT molecular complexity index is 491. The highest BCUT2D eigenvalue weighted by Crippen LogP contribution is 2.15. The van der Waals surface area contributed by atoms with Crippen LogP contribution in [0.15, 0.2) is 29.4 Å². The smallest absolute Gasteiger partial charge is 0.231 e. The van der Waals surface area contributed by atoms with Gasteiger partial charge >= 0.3 is 0 Å². The van der Waals surface area contributed by atoms with Crippen LogP contribution >= 0.6 is 0 Å². The Labute approximate surface area is 117 Å².